The van der Waals surface area contributed by atoms with Gasteiger partial charge >= 0.3 is 0 Å². The van der Waals surface area contributed by atoms with Gasteiger partial charge in [0.15, 0.2) is 0 Å². The van der Waals surface area contributed by atoms with Gasteiger partial charge in [0.2, 0.25) is 0 Å². The van der Waals surface area contributed by atoms with Crippen LogP contribution in [-0.4, -0.2) is 22.4 Å². The van der Waals surface area contributed by atoms with E-state index < -0.39 is 0 Å². The van der Waals surface area contributed by atoms with Crippen molar-refractivity contribution in [3.8, 4) is 0 Å². The Morgan fingerprint density at radius 2 is 1.87 bits per heavy atom. The van der Waals surface area contributed by atoms with Gasteiger partial charge in [-0.05, 0) is 105 Å². The molecule has 0 aliphatic heterocycles. The molecule has 0 amide bonds. The number of aliphatic hydroxyl groups excluding tert-OH is 2. The molecule has 0 unspecified atom stereocenters. The van der Waals surface area contributed by atoms with Crippen LogP contribution < -0.4 is 0 Å². The van der Waals surface area contributed by atoms with E-state index in [-0.39, 0.29) is 17.6 Å². The third-order valence-electron chi connectivity index (χ3n) is 10.5. The Hall–Kier alpha value is -0.860. The van der Waals surface area contributed by atoms with Crippen LogP contribution >= 0.6 is 0 Å². The summed E-state index contributed by atoms with van der Waals surface area (Å²) in [5.74, 6) is 3.36. The van der Waals surface area contributed by atoms with Crippen LogP contribution in [0.1, 0.15) is 86.0 Å². The summed E-state index contributed by atoms with van der Waals surface area (Å²) in [7, 11) is 0. The summed E-state index contributed by atoms with van der Waals surface area (Å²) in [5.41, 5.74) is 3.12. The number of allylic oxidation sites excluding steroid dienone is 3. The predicted molar refractivity (Wildman–Crippen MR) is 129 cm³/mol. The smallest absolute Gasteiger partial charge is 0.0757 e. The van der Waals surface area contributed by atoms with Crippen molar-refractivity contribution in [3.05, 3.63) is 36.0 Å². The standard InChI is InChI=1S/C29H46O2/c1-7-20(18(2)3)9-8-19(4)23-10-11-24-27-25(13-15-29(23,24)6)28(5)14-12-22(30)16-21(28)17-26(27)31/h8-9,17,19-20,22-27,30-31H,2,7,10-16H2,1,3-6H3/b9-8+/t19-,20-,22+,23-,24+,25+,26+,27+,28+,29-/m1/s1. The highest BCUT2D eigenvalue weighted by Crippen LogP contribution is 2.67. The summed E-state index contributed by atoms with van der Waals surface area (Å²) in [6, 6.07) is 0. The number of rotatable bonds is 5. The Kier molecular flexibility index (Phi) is 6.38. The number of aliphatic hydroxyl groups is 2. The van der Waals surface area contributed by atoms with Crippen LogP contribution in [0.15, 0.2) is 36.0 Å². The Morgan fingerprint density at radius 3 is 2.55 bits per heavy atom. The van der Waals surface area contributed by atoms with Gasteiger partial charge in [-0.3, -0.25) is 0 Å². The van der Waals surface area contributed by atoms with Crippen molar-refractivity contribution in [2.75, 3.05) is 0 Å². The van der Waals surface area contributed by atoms with Crippen molar-refractivity contribution in [1.29, 1.82) is 0 Å². The molecule has 2 heteroatoms. The van der Waals surface area contributed by atoms with Crippen molar-refractivity contribution in [2.24, 2.45) is 46.3 Å². The van der Waals surface area contributed by atoms with Crippen molar-refractivity contribution < 1.29 is 10.2 Å². The van der Waals surface area contributed by atoms with Gasteiger partial charge in [-0.2, -0.15) is 0 Å². The predicted octanol–water partition coefficient (Wildman–Crippen LogP) is 6.69. The second-order valence-corrected chi connectivity index (χ2v) is 12.1. The minimum atomic E-state index is -0.333. The van der Waals surface area contributed by atoms with Crippen LogP contribution in [0.5, 0.6) is 0 Å². The van der Waals surface area contributed by atoms with Gasteiger partial charge in [-0.25, -0.2) is 0 Å². The highest BCUT2D eigenvalue weighted by atomic mass is 16.3. The molecule has 0 saturated heterocycles. The molecule has 0 spiro atoms. The summed E-state index contributed by atoms with van der Waals surface area (Å²) in [6.45, 7) is 16.0. The molecule has 3 saturated carbocycles. The zero-order valence-electron chi connectivity index (χ0n) is 20.6. The van der Waals surface area contributed by atoms with Crippen LogP contribution in [0.2, 0.25) is 0 Å². The van der Waals surface area contributed by atoms with Gasteiger partial charge in [-0.1, -0.05) is 63.6 Å². The molecule has 4 aliphatic carbocycles. The summed E-state index contributed by atoms with van der Waals surface area (Å²) in [5, 5.41) is 21.6. The molecule has 0 aromatic heterocycles. The molecule has 10 atom stereocenters. The first-order valence-electron chi connectivity index (χ1n) is 13.0. The lowest BCUT2D eigenvalue weighted by Crippen LogP contribution is -2.54. The van der Waals surface area contributed by atoms with Crippen LogP contribution in [0.3, 0.4) is 0 Å². The minimum Gasteiger partial charge on any atom is -0.393 e. The Balaban J connectivity index is 1.57. The topological polar surface area (TPSA) is 40.5 Å². The zero-order chi connectivity index (χ0) is 22.6. The molecular weight excluding hydrogens is 380 g/mol. The normalized spacial score (nSPS) is 46.6. The van der Waals surface area contributed by atoms with E-state index in [0.29, 0.717) is 40.9 Å². The molecule has 3 fully saturated rings. The molecular formula is C29H46O2. The Morgan fingerprint density at radius 1 is 1.13 bits per heavy atom. The minimum absolute atomic E-state index is 0.184. The van der Waals surface area contributed by atoms with Gasteiger partial charge in [0.25, 0.3) is 0 Å². The lowest BCUT2D eigenvalue weighted by Gasteiger charge is -2.59. The molecule has 0 heterocycles. The van der Waals surface area contributed by atoms with Gasteiger partial charge in [0.05, 0.1) is 12.2 Å². The van der Waals surface area contributed by atoms with E-state index in [1.54, 1.807) is 0 Å². The van der Waals surface area contributed by atoms with Gasteiger partial charge in [-0.15, -0.1) is 0 Å². The number of fused-ring (bicyclic) bond motifs is 5. The number of hydrogen-bond donors (Lipinski definition) is 2. The van der Waals surface area contributed by atoms with Crippen LogP contribution in [0.25, 0.3) is 0 Å². The second kappa shape index (κ2) is 8.49. The maximum absolute atomic E-state index is 11.3. The van der Waals surface area contributed by atoms with E-state index in [4.69, 9.17) is 0 Å². The van der Waals surface area contributed by atoms with E-state index in [0.717, 1.165) is 25.7 Å². The Bertz CT molecular complexity index is 750. The lowest BCUT2D eigenvalue weighted by atomic mass is 9.46. The van der Waals surface area contributed by atoms with Crippen molar-refractivity contribution >= 4 is 0 Å². The van der Waals surface area contributed by atoms with E-state index in [9.17, 15) is 10.2 Å². The molecule has 4 rings (SSSR count). The molecule has 174 valence electrons. The summed E-state index contributed by atoms with van der Waals surface area (Å²) in [4.78, 5) is 0. The van der Waals surface area contributed by atoms with E-state index in [2.05, 4.69) is 59.4 Å². The third kappa shape index (κ3) is 3.80. The van der Waals surface area contributed by atoms with E-state index >= 15 is 0 Å². The van der Waals surface area contributed by atoms with Crippen molar-refractivity contribution in [2.45, 2.75) is 98.2 Å². The average molecular weight is 427 g/mol. The first kappa shape index (κ1) is 23.3. The number of hydrogen-bond acceptors (Lipinski definition) is 2. The molecule has 0 radical (unpaired) electrons. The summed E-state index contributed by atoms with van der Waals surface area (Å²) in [6.07, 6.45) is 15.5. The maximum Gasteiger partial charge on any atom is 0.0757 e. The molecule has 0 bridgehead atoms. The molecule has 0 aromatic rings. The molecule has 31 heavy (non-hydrogen) atoms. The molecule has 2 N–H and O–H groups in total. The Labute approximate surface area is 190 Å². The lowest BCUT2D eigenvalue weighted by molar-refractivity contribution is -0.0950. The fraction of sp³-hybridized carbons (Fsp3) is 0.793. The van der Waals surface area contributed by atoms with Gasteiger partial charge in [0, 0.05) is 0 Å². The van der Waals surface area contributed by atoms with Crippen molar-refractivity contribution in [3.63, 3.8) is 0 Å². The van der Waals surface area contributed by atoms with Crippen LogP contribution in [-0.2, 0) is 0 Å². The first-order chi connectivity index (χ1) is 14.6. The average Bonchev–Trinajstić information content (AvgIpc) is 3.06. The quantitative estimate of drug-likeness (QED) is 0.481. The fourth-order valence-electron chi connectivity index (χ4n) is 8.63. The van der Waals surface area contributed by atoms with Gasteiger partial charge < -0.3 is 10.2 Å². The maximum atomic E-state index is 11.3. The summed E-state index contributed by atoms with van der Waals surface area (Å²) >= 11 is 0. The highest BCUT2D eigenvalue weighted by Gasteiger charge is 2.60. The van der Waals surface area contributed by atoms with Crippen LogP contribution in [0, 0.1) is 46.3 Å². The molecule has 4 aliphatic rings. The third-order valence-corrected chi connectivity index (χ3v) is 10.5. The highest BCUT2D eigenvalue weighted by molar-refractivity contribution is 5.28. The monoisotopic (exact) mass is 426 g/mol. The second-order valence-electron chi connectivity index (χ2n) is 12.1. The fourth-order valence-corrected chi connectivity index (χ4v) is 8.63. The van der Waals surface area contributed by atoms with Gasteiger partial charge in [0.1, 0.15) is 0 Å². The molecule has 2 nitrogen and oxygen atoms in total. The largest absolute Gasteiger partial charge is 0.393 e. The van der Waals surface area contributed by atoms with Crippen LogP contribution in [0.4, 0.5) is 0 Å². The molecule has 0 aromatic carbocycles. The van der Waals surface area contributed by atoms with E-state index in [1.165, 1.54) is 36.8 Å². The summed E-state index contributed by atoms with van der Waals surface area (Å²) < 4.78 is 0. The SMILES string of the molecule is C=C(C)[C@@H](/C=C/[C@@H](C)[C@H]1CC[C@H]2[C@@H]3[C@@H](O)C=C4C[C@@H](O)CC[C@]4(C)[C@H]3CC[C@]12C)CC. The van der Waals surface area contributed by atoms with E-state index in [1.807, 2.05) is 0 Å². The first-order valence-corrected chi connectivity index (χ1v) is 13.0. The van der Waals surface area contributed by atoms with Crippen molar-refractivity contribution in [1.82, 2.24) is 0 Å². The zero-order valence-corrected chi connectivity index (χ0v) is 20.6.